The van der Waals surface area contributed by atoms with Crippen molar-refractivity contribution in [2.45, 2.75) is 69.0 Å². The third kappa shape index (κ3) is 9.24. The number of fused-ring (bicyclic) bond motifs is 1. The summed E-state index contributed by atoms with van der Waals surface area (Å²) in [5.74, 6) is -0.801. The van der Waals surface area contributed by atoms with Crippen molar-refractivity contribution in [3.05, 3.63) is 83.4 Å². The average Bonchev–Trinajstić information content (AvgIpc) is 3.11. The molecule has 0 aromatic heterocycles. The molecule has 0 radical (unpaired) electrons. The highest BCUT2D eigenvalue weighted by molar-refractivity contribution is 7.99. The molecule has 0 aliphatic carbocycles. The predicted octanol–water partition coefficient (Wildman–Crippen LogP) is 4.80. The first kappa shape index (κ1) is 34.8. The van der Waals surface area contributed by atoms with Crippen LogP contribution in [0.4, 0.5) is 23.7 Å². The lowest BCUT2D eigenvalue weighted by Crippen LogP contribution is -2.52. The Balaban J connectivity index is 1.60. The summed E-state index contributed by atoms with van der Waals surface area (Å²) in [5.41, 5.74) is 7.36. The van der Waals surface area contributed by atoms with Crippen LogP contribution in [0.15, 0.2) is 71.6 Å². The van der Waals surface area contributed by atoms with Gasteiger partial charge in [-0.05, 0) is 61.2 Å². The van der Waals surface area contributed by atoms with E-state index in [9.17, 15) is 32.7 Å². The summed E-state index contributed by atoms with van der Waals surface area (Å²) in [6, 6.07) is 16.5. The minimum absolute atomic E-state index is 0.0111. The number of primary amides is 1. The van der Waals surface area contributed by atoms with E-state index in [-0.39, 0.29) is 36.7 Å². The normalized spacial score (nSPS) is 15.9. The number of thioether (sulfide) groups is 1. The lowest BCUT2D eigenvalue weighted by atomic mass is 9.98. The van der Waals surface area contributed by atoms with Crippen LogP contribution >= 0.6 is 11.8 Å². The lowest BCUT2D eigenvalue weighted by Gasteiger charge is -2.29. The van der Waals surface area contributed by atoms with Crippen molar-refractivity contribution in [2.24, 2.45) is 5.73 Å². The van der Waals surface area contributed by atoms with Crippen molar-refractivity contribution in [1.82, 2.24) is 16.0 Å². The Hall–Kier alpha value is -4.07. The summed E-state index contributed by atoms with van der Waals surface area (Å²) >= 11 is 1.08. The number of carbonyl (C=O) groups excluding carboxylic acids is 3. The molecule has 1 aliphatic rings. The number of aliphatic hydroxyl groups is 1. The standard InChI is InChI=1S/C33H38F3N5O4S/c1-20(42)16-39-32(2,3)15-29(43)40-26-19-46-28-14-24(33(34,35)36)12-13-27(28)41(30(26)44)18-21-8-10-22(11-9-21)25-7-5-4-6-23(25)17-38-31(37)45/h4-14,20,26,39,42H,15-19H2,1-3H3,(H,40,43)(H3,37,38,45)/t20-,26-/m1/s1. The number of alkyl halides is 3. The third-order valence-corrected chi connectivity index (χ3v) is 8.58. The molecular formula is C33H38F3N5O4S. The van der Waals surface area contributed by atoms with Crippen LogP contribution in [0.25, 0.3) is 11.1 Å². The molecule has 4 rings (SSSR count). The van der Waals surface area contributed by atoms with Crippen LogP contribution < -0.4 is 26.6 Å². The maximum absolute atomic E-state index is 14.0. The van der Waals surface area contributed by atoms with Crippen LogP contribution in [0, 0.1) is 0 Å². The molecule has 0 fully saturated rings. The van der Waals surface area contributed by atoms with Crippen LogP contribution in [0.2, 0.25) is 0 Å². The number of carbonyl (C=O) groups is 3. The Morgan fingerprint density at radius 1 is 1.09 bits per heavy atom. The van der Waals surface area contributed by atoms with Crippen molar-refractivity contribution in [3.63, 3.8) is 0 Å². The number of amides is 4. The Kier molecular flexibility index (Phi) is 11.0. The van der Waals surface area contributed by atoms with E-state index in [4.69, 9.17) is 5.73 Å². The average molecular weight is 658 g/mol. The van der Waals surface area contributed by atoms with Gasteiger partial charge in [-0.2, -0.15) is 13.2 Å². The number of anilines is 1. The number of urea groups is 1. The van der Waals surface area contributed by atoms with E-state index in [1.54, 1.807) is 20.8 Å². The molecule has 4 amide bonds. The number of halogens is 3. The molecule has 0 saturated heterocycles. The number of nitrogens with one attached hydrogen (secondary N) is 3. The van der Waals surface area contributed by atoms with E-state index in [1.165, 1.54) is 11.0 Å². The maximum atomic E-state index is 14.0. The van der Waals surface area contributed by atoms with Crippen LogP contribution in [-0.4, -0.2) is 52.9 Å². The quantitative estimate of drug-likeness (QED) is 0.201. The minimum Gasteiger partial charge on any atom is -0.392 e. The van der Waals surface area contributed by atoms with Crippen LogP contribution in [0.5, 0.6) is 0 Å². The van der Waals surface area contributed by atoms with Gasteiger partial charge in [-0.3, -0.25) is 9.59 Å². The molecule has 0 unspecified atom stereocenters. The number of nitrogens with two attached hydrogens (primary N) is 1. The second-order valence-corrected chi connectivity index (χ2v) is 13.0. The molecule has 9 nitrogen and oxygen atoms in total. The van der Waals surface area contributed by atoms with Crippen molar-refractivity contribution in [3.8, 4) is 11.1 Å². The zero-order chi connectivity index (χ0) is 33.6. The van der Waals surface area contributed by atoms with Crippen molar-refractivity contribution in [1.29, 1.82) is 0 Å². The topological polar surface area (TPSA) is 137 Å². The molecule has 6 N–H and O–H groups in total. The predicted molar refractivity (Wildman–Crippen MR) is 172 cm³/mol. The third-order valence-electron chi connectivity index (χ3n) is 7.44. The highest BCUT2D eigenvalue weighted by Gasteiger charge is 2.36. The van der Waals surface area contributed by atoms with E-state index < -0.39 is 47.3 Å². The molecule has 1 aliphatic heterocycles. The van der Waals surface area contributed by atoms with Crippen molar-refractivity contribution < 1.29 is 32.7 Å². The molecule has 0 spiro atoms. The number of rotatable bonds is 11. The molecule has 13 heteroatoms. The number of hydrogen-bond donors (Lipinski definition) is 5. The van der Waals surface area contributed by atoms with E-state index in [2.05, 4.69) is 16.0 Å². The second-order valence-electron chi connectivity index (χ2n) is 11.9. The zero-order valence-corrected chi connectivity index (χ0v) is 26.6. The van der Waals surface area contributed by atoms with Crippen molar-refractivity contribution in [2.75, 3.05) is 17.2 Å². The smallest absolute Gasteiger partial charge is 0.392 e. The number of β-amino-alcohol motifs (C(OH)–C–C–N with tert-alkyl or cyclic N) is 1. The van der Waals surface area contributed by atoms with Crippen molar-refractivity contribution >= 4 is 35.3 Å². The number of nitrogens with zero attached hydrogens (tertiary/aromatic N) is 1. The van der Waals surface area contributed by atoms with Crippen LogP contribution in [0.3, 0.4) is 0 Å². The Labute approximate surface area is 270 Å². The fourth-order valence-electron chi connectivity index (χ4n) is 5.09. The van der Waals surface area contributed by atoms with Gasteiger partial charge in [0.15, 0.2) is 0 Å². The maximum Gasteiger partial charge on any atom is 0.416 e. The van der Waals surface area contributed by atoms with Gasteiger partial charge >= 0.3 is 12.2 Å². The first-order valence-electron chi connectivity index (χ1n) is 14.7. The number of aliphatic hydroxyl groups excluding tert-OH is 1. The molecule has 1 heterocycles. The first-order chi connectivity index (χ1) is 21.6. The molecule has 3 aromatic carbocycles. The lowest BCUT2D eigenvalue weighted by molar-refractivity contribution is -0.137. The largest absolute Gasteiger partial charge is 0.416 e. The molecular weight excluding hydrogens is 619 g/mol. The summed E-state index contributed by atoms with van der Waals surface area (Å²) in [4.78, 5) is 40.0. The Morgan fingerprint density at radius 3 is 2.43 bits per heavy atom. The SMILES string of the molecule is C[C@@H](O)CNC(C)(C)CC(=O)N[C@@H]1CSc2cc(C(F)(F)F)ccc2N(Cc2ccc(-c3ccccc3CNC(N)=O)cc2)C1=O. The Morgan fingerprint density at radius 2 is 1.78 bits per heavy atom. The highest BCUT2D eigenvalue weighted by atomic mass is 32.2. The fraction of sp³-hybridized carbons (Fsp3) is 0.364. The second kappa shape index (κ2) is 14.6. The molecule has 0 saturated carbocycles. The van der Waals surface area contributed by atoms with Crippen LogP contribution in [-0.2, 0) is 28.9 Å². The van der Waals surface area contributed by atoms with E-state index in [1.807, 2.05) is 48.5 Å². The summed E-state index contributed by atoms with van der Waals surface area (Å²) < 4.78 is 40.8. The van der Waals surface area contributed by atoms with E-state index >= 15 is 0 Å². The summed E-state index contributed by atoms with van der Waals surface area (Å²) in [6.45, 7) is 5.79. The van der Waals surface area contributed by atoms with Gasteiger partial charge in [0, 0.05) is 35.7 Å². The van der Waals surface area contributed by atoms with E-state index in [0.717, 1.165) is 46.1 Å². The van der Waals surface area contributed by atoms with Crippen LogP contribution in [0.1, 0.15) is 43.9 Å². The van der Waals surface area contributed by atoms with Gasteiger partial charge in [0.1, 0.15) is 6.04 Å². The van der Waals surface area contributed by atoms with Gasteiger partial charge in [0.25, 0.3) is 5.91 Å². The molecule has 2 atom stereocenters. The fourth-order valence-corrected chi connectivity index (χ4v) is 6.20. The zero-order valence-electron chi connectivity index (χ0n) is 25.8. The number of benzene rings is 3. The van der Waals surface area contributed by atoms with E-state index in [0.29, 0.717) is 5.69 Å². The highest BCUT2D eigenvalue weighted by Crippen LogP contribution is 2.40. The van der Waals surface area contributed by atoms with Gasteiger partial charge in [-0.25, -0.2) is 4.79 Å². The van der Waals surface area contributed by atoms with Gasteiger partial charge < -0.3 is 31.7 Å². The summed E-state index contributed by atoms with van der Waals surface area (Å²) in [6.07, 6.45) is -5.16. The summed E-state index contributed by atoms with van der Waals surface area (Å²) in [7, 11) is 0. The summed E-state index contributed by atoms with van der Waals surface area (Å²) in [5, 5.41) is 18.1. The van der Waals surface area contributed by atoms with Gasteiger partial charge in [0.2, 0.25) is 5.91 Å². The van der Waals surface area contributed by atoms with Gasteiger partial charge in [0.05, 0.1) is 23.9 Å². The molecule has 0 bridgehead atoms. The monoisotopic (exact) mass is 657 g/mol. The Bertz CT molecular complexity index is 1560. The minimum atomic E-state index is -4.56. The van der Waals surface area contributed by atoms with Gasteiger partial charge in [-0.1, -0.05) is 48.5 Å². The molecule has 3 aromatic rings. The number of hydrogen-bond acceptors (Lipinski definition) is 6. The molecule has 46 heavy (non-hydrogen) atoms. The van der Waals surface area contributed by atoms with Gasteiger partial charge in [-0.15, -0.1) is 11.8 Å². The molecule has 246 valence electrons. The first-order valence-corrected chi connectivity index (χ1v) is 15.7.